The van der Waals surface area contributed by atoms with Crippen molar-refractivity contribution in [3.05, 3.63) is 78.9 Å². The number of aromatic hydroxyl groups is 2. The number of fused-ring (bicyclic) bond motifs is 1. The van der Waals surface area contributed by atoms with Crippen molar-refractivity contribution in [1.29, 1.82) is 0 Å². The highest BCUT2D eigenvalue weighted by Gasteiger charge is 2.17. The lowest BCUT2D eigenvalue weighted by atomic mass is 10.1. The summed E-state index contributed by atoms with van der Waals surface area (Å²) in [5, 5.41) is 24.5. The summed E-state index contributed by atoms with van der Waals surface area (Å²) in [6.07, 6.45) is 0. The molecule has 5 rings (SSSR count). The van der Waals surface area contributed by atoms with Gasteiger partial charge in [0.2, 0.25) is 11.8 Å². The molecule has 2 aromatic carbocycles. The largest absolute Gasteiger partial charge is 0.494 e. The molecule has 0 aliphatic rings. The molecule has 7 nitrogen and oxygen atoms in total. The average molecular weight is 369 g/mol. The summed E-state index contributed by atoms with van der Waals surface area (Å²) < 4.78 is 2.77. The smallest absolute Gasteiger partial charge is 0.260 e. The van der Waals surface area contributed by atoms with Gasteiger partial charge in [-0.3, -0.25) is 0 Å². The van der Waals surface area contributed by atoms with Gasteiger partial charge in [-0.1, -0.05) is 60.7 Å². The molecule has 0 fully saturated rings. The topological polar surface area (TPSA) is 88.5 Å². The minimum absolute atomic E-state index is 0.134. The zero-order chi connectivity index (χ0) is 19.1. The number of aromatic nitrogens is 5. The van der Waals surface area contributed by atoms with E-state index in [-0.39, 0.29) is 17.7 Å². The number of hydrogen-bond acceptors (Lipinski definition) is 5. The summed E-state index contributed by atoms with van der Waals surface area (Å²) in [6, 6.07) is 24.3. The second-order valence-corrected chi connectivity index (χ2v) is 6.27. The van der Waals surface area contributed by atoms with E-state index in [0.29, 0.717) is 5.78 Å². The summed E-state index contributed by atoms with van der Waals surface area (Å²) in [5.41, 5.74) is 3.46. The summed E-state index contributed by atoms with van der Waals surface area (Å²) in [4.78, 5) is 9.07. The predicted octanol–water partition coefficient (Wildman–Crippen LogP) is 3.66. The van der Waals surface area contributed by atoms with Crippen LogP contribution in [0.25, 0.3) is 34.2 Å². The Labute approximate surface area is 159 Å². The summed E-state index contributed by atoms with van der Waals surface area (Å²) >= 11 is 0. The Balaban J connectivity index is 1.80. The van der Waals surface area contributed by atoms with E-state index < -0.39 is 0 Å². The Kier molecular flexibility index (Phi) is 3.58. The molecule has 7 heteroatoms. The Morgan fingerprint density at radius 1 is 0.679 bits per heavy atom. The van der Waals surface area contributed by atoms with Crippen LogP contribution in [0.3, 0.4) is 0 Å². The van der Waals surface area contributed by atoms with Gasteiger partial charge in [-0.25, -0.2) is 9.55 Å². The third-order valence-corrected chi connectivity index (χ3v) is 4.48. The maximum absolute atomic E-state index is 10.0. The van der Waals surface area contributed by atoms with Gasteiger partial charge in [0.1, 0.15) is 0 Å². The van der Waals surface area contributed by atoms with Gasteiger partial charge in [0.25, 0.3) is 11.7 Å². The van der Waals surface area contributed by atoms with Crippen molar-refractivity contribution in [1.82, 2.24) is 24.1 Å². The van der Waals surface area contributed by atoms with Crippen LogP contribution in [0.4, 0.5) is 0 Å². The van der Waals surface area contributed by atoms with E-state index in [1.54, 1.807) is 4.52 Å². The highest BCUT2D eigenvalue weighted by Crippen LogP contribution is 2.28. The van der Waals surface area contributed by atoms with Crippen LogP contribution >= 0.6 is 0 Å². The highest BCUT2D eigenvalue weighted by atomic mass is 16.3. The normalized spacial score (nSPS) is 11.1. The molecule has 3 aromatic heterocycles. The molecule has 136 valence electrons. The monoisotopic (exact) mass is 369 g/mol. The lowest BCUT2D eigenvalue weighted by molar-refractivity contribution is 0.399. The average Bonchev–Trinajstić information content (AvgIpc) is 3.30. The lowest BCUT2D eigenvalue weighted by Crippen LogP contribution is -1.99. The highest BCUT2D eigenvalue weighted by molar-refractivity contribution is 5.70. The maximum Gasteiger partial charge on any atom is 0.260 e. The molecule has 0 bridgehead atoms. The van der Waals surface area contributed by atoms with E-state index in [9.17, 15) is 10.2 Å². The molecule has 0 atom stereocenters. The van der Waals surface area contributed by atoms with Gasteiger partial charge in [0.05, 0.1) is 11.4 Å². The molecule has 0 radical (unpaired) electrons. The molecule has 28 heavy (non-hydrogen) atoms. The molecule has 3 heterocycles. The number of hydrogen-bond donors (Lipinski definition) is 2. The molecular formula is C21H15N5O2. The van der Waals surface area contributed by atoms with Crippen LogP contribution in [-0.2, 0) is 0 Å². The molecule has 0 saturated carbocycles. The van der Waals surface area contributed by atoms with Gasteiger partial charge < -0.3 is 10.2 Å². The fourth-order valence-corrected chi connectivity index (χ4v) is 3.14. The van der Waals surface area contributed by atoms with Crippen molar-refractivity contribution in [3.8, 4) is 40.2 Å². The van der Waals surface area contributed by atoms with E-state index in [4.69, 9.17) is 0 Å². The first-order chi connectivity index (χ1) is 13.7. The van der Waals surface area contributed by atoms with Gasteiger partial charge in [0, 0.05) is 23.3 Å². The van der Waals surface area contributed by atoms with E-state index in [1.807, 2.05) is 66.7 Å². The standard InChI is InChI=1S/C21H15N5O2/c27-18-11-12-19(28)25(18)21-23-20-22-16(14-7-3-1-4-8-14)13-17(26(20)24-21)15-9-5-2-6-10-15/h1-13,27-28H. The van der Waals surface area contributed by atoms with Crippen molar-refractivity contribution in [3.63, 3.8) is 0 Å². The zero-order valence-corrected chi connectivity index (χ0v) is 14.6. The van der Waals surface area contributed by atoms with Crippen LogP contribution in [0.1, 0.15) is 0 Å². The lowest BCUT2D eigenvalue weighted by Gasteiger charge is -2.07. The molecular weight excluding hydrogens is 354 g/mol. The van der Waals surface area contributed by atoms with Gasteiger partial charge in [-0.15, -0.1) is 5.10 Å². The molecule has 0 amide bonds. The summed E-state index contributed by atoms with van der Waals surface area (Å²) in [7, 11) is 0. The predicted molar refractivity (Wildman–Crippen MR) is 104 cm³/mol. The third-order valence-electron chi connectivity index (χ3n) is 4.48. The SMILES string of the molecule is Oc1ccc(O)n1-c1nc2nc(-c3ccccc3)cc(-c3ccccc3)n2n1. The molecule has 0 aliphatic carbocycles. The van der Waals surface area contributed by atoms with Crippen LogP contribution in [-0.4, -0.2) is 34.4 Å². The number of rotatable bonds is 3. The van der Waals surface area contributed by atoms with Gasteiger partial charge in [-0.05, 0) is 6.07 Å². The molecule has 0 unspecified atom stereocenters. The Morgan fingerprint density at radius 2 is 1.29 bits per heavy atom. The van der Waals surface area contributed by atoms with Crippen molar-refractivity contribution >= 4 is 5.78 Å². The first-order valence-corrected chi connectivity index (χ1v) is 8.69. The molecule has 5 aromatic rings. The zero-order valence-electron chi connectivity index (χ0n) is 14.6. The van der Waals surface area contributed by atoms with Crippen molar-refractivity contribution in [2.45, 2.75) is 0 Å². The molecule has 0 saturated heterocycles. The summed E-state index contributed by atoms with van der Waals surface area (Å²) in [5.74, 6) is 0.188. The van der Waals surface area contributed by atoms with Gasteiger partial charge in [-0.2, -0.15) is 9.50 Å². The maximum atomic E-state index is 10.0. The van der Waals surface area contributed by atoms with Crippen molar-refractivity contribution < 1.29 is 10.2 Å². The second kappa shape index (κ2) is 6.24. The van der Waals surface area contributed by atoms with E-state index >= 15 is 0 Å². The van der Waals surface area contributed by atoms with Crippen LogP contribution in [0.5, 0.6) is 11.8 Å². The van der Waals surface area contributed by atoms with Gasteiger partial charge in [0.15, 0.2) is 0 Å². The molecule has 2 N–H and O–H groups in total. The molecule has 0 aliphatic heterocycles. The second-order valence-electron chi connectivity index (χ2n) is 6.27. The quantitative estimate of drug-likeness (QED) is 0.507. The van der Waals surface area contributed by atoms with Crippen LogP contribution in [0.15, 0.2) is 78.9 Å². The number of benzene rings is 2. The Bertz CT molecular complexity index is 1260. The third kappa shape index (κ3) is 2.57. The summed E-state index contributed by atoms with van der Waals surface area (Å²) in [6.45, 7) is 0. The first kappa shape index (κ1) is 16.1. The van der Waals surface area contributed by atoms with E-state index in [2.05, 4.69) is 15.1 Å². The molecule has 0 spiro atoms. The Morgan fingerprint density at radius 3 is 1.93 bits per heavy atom. The minimum atomic E-state index is -0.155. The number of nitrogens with zero attached hydrogens (tertiary/aromatic N) is 5. The Hall–Kier alpha value is -4.13. The minimum Gasteiger partial charge on any atom is -0.494 e. The van der Waals surface area contributed by atoms with Crippen molar-refractivity contribution in [2.75, 3.05) is 0 Å². The first-order valence-electron chi connectivity index (χ1n) is 8.69. The fraction of sp³-hybridized carbons (Fsp3) is 0. The van der Waals surface area contributed by atoms with Crippen LogP contribution in [0, 0.1) is 0 Å². The fourth-order valence-electron chi connectivity index (χ4n) is 3.14. The van der Waals surface area contributed by atoms with Crippen LogP contribution in [0.2, 0.25) is 0 Å². The van der Waals surface area contributed by atoms with Gasteiger partial charge >= 0.3 is 0 Å². The van der Waals surface area contributed by atoms with Crippen molar-refractivity contribution in [2.24, 2.45) is 0 Å². The van der Waals surface area contributed by atoms with E-state index in [1.165, 1.54) is 12.1 Å². The van der Waals surface area contributed by atoms with E-state index in [0.717, 1.165) is 27.1 Å². The van der Waals surface area contributed by atoms with Crippen LogP contribution < -0.4 is 0 Å².